The van der Waals surface area contributed by atoms with Gasteiger partial charge in [0.15, 0.2) is 0 Å². The molecule has 1 unspecified atom stereocenters. The van der Waals surface area contributed by atoms with Gasteiger partial charge in [0.1, 0.15) is 0 Å². The van der Waals surface area contributed by atoms with E-state index >= 15 is 0 Å². The molecule has 4 N–H and O–H groups in total. The summed E-state index contributed by atoms with van der Waals surface area (Å²) in [6.07, 6.45) is 0. The van der Waals surface area contributed by atoms with Gasteiger partial charge in [0, 0.05) is 31.4 Å². The second-order valence-corrected chi connectivity index (χ2v) is 5.59. The van der Waals surface area contributed by atoms with Crippen LogP contribution in [0.25, 0.3) is 0 Å². The zero-order chi connectivity index (χ0) is 14.9. The lowest BCUT2D eigenvalue weighted by Crippen LogP contribution is -2.52. The maximum Gasteiger partial charge on any atom is 0.250 e. The lowest BCUT2D eigenvalue weighted by Gasteiger charge is -2.41. The van der Waals surface area contributed by atoms with Crippen molar-refractivity contribution < 1.29 is 4.79 Å². The Morgan fingerprint density at radius 2 is 2.15 bits per heavy atom. The fourth-order valence-electron chi connectivity index (χ4n) is 2.80. The van der Waals surface area contributed by atoms with Gasteiger partial charge >= 0.3 is 0 Å². The summed E-state index contributed by atoms with van der Waals surface area (Å²) >= 11 is 6.29. The largest absolute Gasteiger partial charge is 0.399 e. The van der Waals surface area contributed by atoms with Gasteiger partial charge in [0.2, 0.25) is 0 Å². The molecule has 0 spiro atoms. The Morgan fingerprint density at radius 1 is 1.45 bits per heavy atom. The Morgan fingerprint density at radius 3 is 2.70 bits per heavy atom. The first-order valence-electron chi connectivity index (χ1n) is 6.81. The van der Waals surface area contributed by atoms with Crippen LogP contribution in [0.1, 0.15) is 24.2 Å². The van der Waals surface area contributed by atoms with Gasteiger partial charge in [-0.15, -0.1) is 0 Å². The van der Waals surface area contributed by atoms with Crippen molar-refractivity contribution >= 4 is 28.9 Å². The zero-order valence-corrected chi connectivity index (χ0v) is 12.7. The Balaban J connectivity index is 2.36. The van der Waals surface area contributed by atoms with Crippen molar-refractivity contribution in [3.8, 4) is 0 Å². The predicted octanol–water partition coefficient (Wildman–Crippen LogP) is 1.55. The van der Waals surface area contributed by atoms with Gasteiger partial charge in [-0.1, -0.05) is 18.5 Å². The lowest BCUT2D eigenvalue weighted by atomic mass is 10.1. The molecule has 1 aliphatic rings. The maximum absolute atomic E-state index is 11.6. The molecule has 1 heterocycles. The van der Waals surface area contributed by atoms with Gasteiger partial charge in [-0.05, 0) is 25.6 Å². The number of piperazine rings is 1. The molecule has 0 radical (unpaired) electrons. The summed E-state index contributed by atoms with van der Waals surface area (Å²) in [6.45, 7) is 7.92. The van der Waals surface area contributed by atoms with E-state index in [1.165, 1.54) is 0 Å². The van der Waals surface area contributed by atoms with Gasteiger partial charge in [-0.2, -0.15) is 0 Å². The molecule has 1 aliphatic heterocycles. The Bertz CT molecular complexity index is 520. The number of rotatable bonds is 3. The normalized spacial score (nSPS) is 20.1. The number of likely N-dealkylation sites (N-methyl/N-ethyl adjacent to an activating group) is 1. The molecule has 110 valence electrons. The van der Waals surface area contributed by atoms with Crippen molar-refractivity contribution in [2.75, 3.05) is 36.8 Å². The second-order valence-electron chi connectivity index (χ2n) is 5.19. The molecular weight excluding hydrogens is 276 g/mol. The number of anilines is 2. The molecule has 6 heteroatoms. The second kappa shape index (κ2) is 5.89. The Kier molecular flexibility index (Phi) is 4.40. The summed E-state index contributed by atoms with van der Waals surface area (Å²) in [5.41, 5.74) is 12.8. The highest BCUT2D eigenvalue weighted by Crippen LogP contribution is 2.33. The van der Waals surface area contributed by atoms with E-state index in [1.54, 1.807) is 12.1 Å². The lowest BCUT2D eigenvalue weighted by molar-refractivity contribution is 0.100. The standard InChI is InChI=1S/C14H21ClN4O/c1-3-18-4-5-19(8-9(18)2)13-11(14(17)20)6-10(16)7-12(13)15/h6-7,9H,3-5,8,16H2,1-2H3,(H2,17,20). The van der Waals surface area contributed by atoms with Crippen LogP contribution < -0.4 is 16.4 Å². The van der Waals surface area contributed by atoms with Crippen molar-refractivity contribution in [1.82, 2.24) is 4.90 Å². The van der Waals surface area contributed by atoms with Crippen molar-refractivity contribution in [3.05, 3.63) is 22.7 Å². The van der Waals surface area contributed by atoms with Crippen LogP contribution in [0.15, 0.2) is 12.1 Å². The number of benzene rings is 1. The summed E-state index contributed by atoms with van der Waals surface area (Å²) < 4.78 is 0. The average Bonchev–Trinajstić information content (AvgIpc) is 2.37. The first-order chi connectivity index (χ1) is 9.43. The van der Waals surface area contributed by atoms with Crippen molar-refractivity contribution in [3.63, 3.8) is 0 Å². The quantitative estimate of drug-likeness (QED) is 0.830. The van der Waals surface area contributed by atoms with Crippen LogP contribution in [0.5, 0.6) is 0 Å². The van der Waals surface area contributed by atoms with E-state index in [2.05, 4.69) is 23.6 Å². The molecule has 1 aromatic carbocycles. The smallest absolute Gasteiger partial charge is 0.250 e. The van der Waals surface area contributed by atoms with E-state index in [0.717, 1.165) is 26.2 Å². The SMILES string of the molecule is CCN1CCN(c2c(Cl)cc(N)cc2C(N)=O)CC1C. The van der Waals surface area contributed by atoms with Gasteiger partial charge in [0.25, 0.3) is 5.91 Å². The summed E-state index contributed by atoms with van der Waals surface area (Å²) in [4.78, 5) is 16.2. The molecule has 0 saturated carbocycles. The molecule has 2 rings (SSSR count). The minimum absolute atomic E-state index is 0.396. The first-order valence-corrected chi connectivity index (χ1v) is 7.19. The topological polar surface area (TPSA) is 75.6 Å². The van der Waals surface area contributed by atoms with E-state index in [0.29, 0.717) is 28.0 Å². The average molecular weight is 297 g/mol. The van der Waals surface area contributed by atoms with Crippen LogP contribution in [0, 0.1) is 0 Å². The molecule has 0 bridgehead atoms. The first kappa shape index (κ1) is 14.9. The fourth-order valence-corrected chi connectivity index (χ4v) is 3.14. The minimum Gasteiger partial charge on any atom is -0.399 e. The summed E-state index contributed by atoms with van der Waals surface area (Å²) in [6, 6.07) is 3.67. The minimum atomic E-state index is -0.500. The van der Waals surface area contributed by atoms with Crippen molar-refractivity contribution in [1.29, 1.82) is 0 Å². The van der Waals surface area contributed by atoms with Crippen molar-refractivity contribution in [2.45, 2.75) is 19.9 Å². The van der Waals surface area contributed by atoms with E-state index in [1.807, 2.05) is 0 Å². The number of hydrogen-bond donors (Lipinski definition) is 2. The summed E-state index contributed by atoms with van der Waals surface area (Å²) in [5, 5.41) is 0.482. The molecular formula is C14H21ClN4O. The molecule has 1 aromatic rings. The summed E-state index contributed by atoms with van der Waals surface area (Å²) in [7, 11) is 0. The molecule has 0 aromatic heterocycles. The van der Waals surface area contributed by atoms with E-state index in [-0.39, 0.29) is 0 Å². The summed E-state index contributed by atoms with van der Waals surface area (Å²) in [5.74, 6) is -0.500. The third-order valence-corrected chi connectivity index (χ3v) is 4.13. The zero-order valence-electron chi connectivity index (χ0n) is 11.9. The number of primary amides is 1. The molecule has 1 atom stereocenters. The van der Waals surface area contributed by atoms with Crippen LogP contribution in [-0.4, -0.2) is 43.0 Å². The molecule has 1 saturated heterocycles. The van der Waals surface area contributed by atoms with Crippen LogP contribution in [0.4, 0.5) is 11.4 Å². The number of nitrogens with two attached hydrogens (primary N) is 2. The van der Waals surface area contributed by atoms with Crippen LogP contribution in [0.2, 0.25) is 5.02 Å². The number of nitrogens with zero attached hydrogens (tertiary/aromatic N) is 2. The predicted molar refractivity (Wildman–Crippen MR) is 83.3 cm³/mol. The number of amides is 1. The van der Waals surface area contributed by atoms with Crippen LogP contribution >= 0.6 is 11.6 Å². The highest BCUT2D eigenvalue weighted by atomic mass is 35.5. The number of hydrogen-bond acceptors (Lipinski definition) is 4. The van der Waals surface area contributed by atoms with E-state index in [9.17, 15) is 4.79 Å². The third kappa shape index (κ3) is 2.83. The number of carbonyl (C=O) groups is 1. The van der Waals surface area contributed by atoms with Crippen LogP contribution in [0.3, 0.4) is 0 Å². The van der Waals surface area contributed by atoms with E-state index in [4.69, 9.17) is 23.1 Å². The number of carbonyl (C=O) groups excluding carboxylic acids is 1. The number of nitrogen functional groups attached to an aromatic ring is 1. The highest BCUT2D eigenvalue weighted by molar-refractivity contribution is 6.34. The molecule has 1 amide bonds. The Hall–Kier alpha value is -1.46. The van der Waals surface area contributed by atoms with Gasteiger partial charge in [0.05, 0.1) is 16.3 Å². The highest BCUT2D eigenvalue weighted by Gasteiger charge is 2.26. The Labute approximate surface area is 124 Å². The monoisotopic (exact) mass is 296 g/mol. The molecule has 0 aliphatic carbocycles. The molecule has 20 heavy (non-hydrogen) atoms. The number of halogens is 1. The van der Waals surface area contributed by atoms with Gasteiger partial charge in [-0.25, -0.2) is 0 Å². The maximum atomic E-state index is 11.6. The van der Waals surface area contributed by atoms with Crippen LogP contribution in [-0.2, 0) is 0 Å². The third-order valence-electron chi connectivity index (χ3n) is 3.84. The van der Waals surface area contributed by atoms with E-state index < -0.39 is 5.91 Å². The van der Waals surface area contributed by atoms with Gasteiger partial charge < -0.3 is 16.4 Å². The van der Waals surface area contributed by atoms with Gasteiger partial charge in [-0.3, -0.25) is 9.69 Å². The fraction of sp³-hybridized carbons (Fsp3) is 0.500. The van der Waals surface area contributed by atoms with Crippen molar-refractivity contribution in [2.24, 2.45) is 5.73 Å². The molecule has 1 fully saturated rings. The molecule has 5 nitrogen and oxygen atoms in total.